The molecule has 0 bridgehead atoms. The number of benzene rings is 1. The first-order valence-electron chi connectivity index (χ1n) is 9.42. The number of fused-ring (bicyclic) bond motifs is 6. The third-order valence-electron chi connectivity index (χ3n) is 6.84. The van der Waals surface area contributed by atoms with Crippen LogP contribution in [0.5, 0.6) is 5.75 Å². The second kappa shape index (κ2) is 5.49. The Labute approximate surface area is 146 Å². The third kappa shape index (κ3) is 2.29. The molecule has 1 aromatic heterocycles. The molecule has 3 N–H and O–H groups in total. The lowest BCUT2D eigenvalue weighted by atomic mass is 9.66. The van der Waals surface area contributed by atoms with Gasteiger partial charge in [-0.05, 0) is 55.2 Å². The van der Waals surface area contributed by atoms with Gasteiger partial charge in [0.2, 0.25) is 0 Å². The van der Waals surface area contributed by atoms with E-state index in [9.17, 15) is 15.0 Å². The zero-order chi connectivity index (χ0) is 17.1. The lowest BCUT2D eigenvalue weighted by Crippen LogP contribution is -2.50. The van der Waals surface area contributed by atoms with Crippen LogP contribution in [0, 0.1) is 17.8 Å². The van der Waals surface area contributed by atoms with Gasteiger partial charge in [-0.3, -0.25) is 9.69 Å². The number of nitrogens with zero attached hydrogens (tertiary/aromatic N) is 1. The van der Waals surface area contributed by atoms with Gasteiger partial charge < -0.3 is 15.2 Å². The number of hydrogen-bond acceptors (Lipinski definition) is 3. The lowest BCUT2D eigenvalue weighted by molar-refractivity contribution is -0.148. The molecule has 1 saturated carbocycles. The molecule has 0 spiro atoms. The molecule has 1 aromatic carbocycles. The Kier molecular flexibility index (Phi) is 3.35. The number of carboxylic acids is 1. The number of nitrogens with one attached hydrogen (secondary N) is 1. The van der Waals surface area contributed by atoms with Gasteiger partial charge in [0, 0.05) is 35.8 Å². The number of rotatable bonds is 1. The Hall–Kier alpha value is -2.01. The van der Waals surface area contributed by atoms with Crippen molar-refractivity contribution >= 4 is 16.9 Å². The fourth-order valence-corrected chi connectivity index (χ4v) is 5.70. The van der Waals surface area contributed by atoms with Crippen LogP contribution < -0.4 is 0 Å². The highest BCUT2D eigenvalue weighted by molar-refractivity contribution is 5.86. The zero-order valence-corrected chi connectivity index (χ0v) is 14.2. The van der Waals surface area contributed by atoms with E-state index in [1.165, 1.54) is 23.1 Å². The SMILES string of the molecule is O=C(O)C1CCCC2CN3CCc4c([nH]c5cc(O)ccc45)C3CC21. The van der Waals surface area contributed by atoms with Crippen LogP contribution in [0.25, 0.3) is 10.9 Å². The highest BCUT2D eigenvalue weighted by Gasteiger charge is 2.46. The minimum atomic E-state index is -0.610. The molecule has 132 valence electrons. The molecule has 5 heteroatoms. The van der Waals surface area contributed by atoms with Crippen molar-refractivity contribution in [3.8, 4) is 5.75 Å². The van der Waals surface area contributed by atoms with E-state index in [1.54, 1.807) is 12.1 Å². The summed E-state index contributed by atoms with van der Waals surface area (Å²) in [6, 6.07) is 5.84. The predicted octanol–water partition coefficient (Wildman–Crippen LogP) is 3.29. The Bertz CT molecular complexity index is 843. The van der Waals surface area contributed by atoms with E-state index in [1.807, 2.05) is 6.07 Å². The van der Waals surface area contributed by atoms with Crippen molar-refractivity contribution in [2.75, 3.05) is 13.1 Å². The van der Waals surface area contributed by atoms with Crippen LogP contribution in [0.15, 0.2) is 18.2 Å². The van der Waals surface area contributed by atoms with Crippen LogP contribution in [0.1, 0.15) is 43.0 Å². The van der Waals surface area contributed by atoms with Gasteiger partial charge in [0.15, 0.2) is 0 Å². The number of aliphatic carboxylic acids is 1. The van der Waals surface area contributed by atoms with Gasteiger partial charge in [0.05, 0.1) is 12.0 Å². The number of hydrogen-bond donors (Lipinski definition) is 3. The monoisotopic (exact) mass is 340 g/mol. The molecule has 5 rings (SSSR count). The van der Waals surface area contributed by atoms with Gasteiger partial charge in [-0.15, -0.1) is 0 Å². The van der Waals surface area contributed by atoms with Crippen molar-refractivity contribution in [2.45, 2.75) is 38.1 Å². The Morgan fingerprint density at radius 1 is 1.28 bits per heavy atom. The zero-order valence-electron chi connectivity index (χ0n) is 14.2. The normalized spacial score (nSPS) is 32.0. The summed E-state index contributed by atoms with van der Waals surface area (Å²) < 4.78 is 0. The van der Waals surface area contributed by atoms with Crippen LogP contribution >= 0.6 is 0 Å². The van der Waals surface area contributed by atoms with Crippen molar-refractivity contribution in [1.29, 1.82) is 0 Å². The lowest BCUT2D eigenvalue weighted by Gasteiger charge is -2.49. The molecule has 2 aliphatic heterocycles. The summed E-state index contributed by atoms with van der Waals surface area (Å²) in [6.45, 7) is 2.08. The maximum Gasteiger partial charge on any atom is 0.306 e. The number of aromatic nitrogens is 1. The molecule has 3 heterocycles. The summed E-state index contributed by atoms with van der Waals surface area (Å²) in [5.74, 6) is 0.310. The van der Waals surface area contributed by atoms with E-state index in [0.29, 0.717) is 17.9 Å². The first-order chi connectivity index (χ1) is 12.1. The number of carbonyl (C=O) groups is 1. The molecular formula is C20H24N2O3. The third-order valence-corrected chi connectivity index (χ3v) is 6.84. The van der Waals surface area contributed by atoms with Crippen molar-refractivity contribution in [2.24, 2.45) is 17.8 Å². The summed E-state index contributed by atoms with van der Waals surface area (Å²) in [5.41, 5.74) is 3.60. The molecular weight excluding hydrogens is 316 g/mol. The molecule has 0 amide bonds. The molecule has 1 aliphatic carbocycles. The van der Waals surface area contributed by atoms with Crippen LogP contribution in [-0.4, -0.2) is 39.2 Å². The fourth-order valence-electron chi connectivity index (χ4n) is 5.70. The summed E-state index contributed by atoms with van der Waals surface area (Å²) in [4.78, 5) is 17.8. The Morgan fingerprint density at radius 2 is 2.16 bits per heavy atom. The number of H-pyrrole nitrogens is 1. The second-order valence-corrected chi connectivity index (χ2v) is 8.04. The topological polar surface area (TPSA) is 76.6 Å². The van der Waals surface area contributed by atoms with Gasteiger partial charge in [0.1, 0.15) is 5.75 Å². The number of aromatic amines is 1. The molecule has 2 fully saturated rings. The number of piperidine rings is 1. The number of phenolic OH excluding ortho intramolecular Hbond substituents is 1. The van der Waals surface area contributed by atoms with E-state index in [4.69, 9.17) is 0 Å². The van der Waals surface area contributed by atoms with E-state index in [2.05, 4.69) is 9.88 Å². The molecule has 5 nitrogen and oxygen atoms in total. The predicted molar refractivity (Wildman–Crippen MR) is 94.6 cm³/mol. The largest absolute Gasteiger partial charge is 0.508 e. The average Bonchev–Trinajstić information content (AvgIpc) is 2.97. The van der Waals surface area contributed by atoms with Crippen molar-refractivity contribution in [3.63, 3.8) is 0 Å². The fraction of sp³-hybridized carbons (Fsp3) is 0.550. The van der Waals surface area contributed by atoms with Gasteiger partial charge in [-0.2, -0.15) is 0 Å². The van der Waals surface area contributed by atoms with Crippen LogP contribution in [0.4, 0.5) is 0 Å². The van der Waals surface area contributed by atoms with E-state index >= 15 is 0 Å². The first-order valence-corrected chi connectivity index (χ1v) is 9.42. The summed E-state index contributed by atoms with van der Waals surface area (Å²) >= 11 is 0. The highest BCUT2D eigenvalue weighted by atomic mass is 16.4. The minimum Gasteiger partial charge on any atom is -0.508 e. The molecule has 4 unspecified atom stereocenters. The van der Waals surface area contributed by atoms with Crippen LogP contribution in [-0.2, 0) is 11.2 Å². The van der Waals surface area contributed by atoms with Gasteiger partial charge in [-0.1, -0.05) is 6.42 Å². The summed E-state index contributed by atoms with van der Waals surface area (Å²) in [5, 5.41) is 20.6. The van der Waals surface area contributed by atoms with Crippen molar-refractivity contribution in [1.82, 2.24) is 9.88 Å². The average molecular weight is 340 g/mol. The van der Waals surface area contributed by atoms with Crippen molar-refractivity contribution < 1.29 is 15.0 Å². The standard InChI is InChI=1S/C20H24N2O3/c23-12-4-5-13-14-6-7-22-10-11-2-1-3-15(20(24)25)16(11)9-18(22)19(14)21-17(13)8-12/h4-5,8,11,15-16,18,21,23H,1-3,6-7,9-10H2,(H,24,25). The molecule has 25 heavy (non-hydrogen) atoms. The number of aromatic hydroxyl groups is 1. The maximum absolute atomic E-state index is 11.7. The second-order valence-electron chi connectivity index (χ2n) is 8.04. The van der Waals surface area contributed by atoms with E-state index in [-0.39, 0.29) is 11.7 Å². The maximum atomic E-state index is 11.7. The molecule has 1 saturated heterocycles. The smallest absolute Gasteiger partial charge is 0.306 e. The van der Waals surface area contributed by atoms with Crippen LogP contribution in [0.2, 0.25) is 0 Å². The van der Waals surface area contributed by atoms with Crippen LogP contribution in [0.3, 0.4) is 0 Å². The van der Waals surface area contributed by atoms with E-state index in [0.717, 1.165) is 44.3 Å². The van der Waals surface area contributed by atoms with Gasteiger partial charge >= 0.3 is 5.97 Å². The first kappa shape index (κ1) is 15.3. The molecule has 4 atom stereocenters. The Balaban J connectivity index is 1.54. The minimum absolute atomic E-state index is 0.181. The molecule has 0 radical (unpaired) electrons. The highest BCUT2D eigenvalue weighted by Crippen LogP contribution is 2.49. The van der Waals surface area contributed by atoms with Gasteiger partial charge in [-0.25, -0.2) is 0 Å². The quantitative estimate of drug-likeness (QED) is 0.744. The molecule has 2 aromatic rings. The summed E-state index contributed by atoms with van der Waals surface area (Å²) in [6.07, 6.45) is 5.01. The van der Waals surface area contributed by atoms with Gasteiger partial charge in [0.25, 0.3) is 0 Å². The Morgan fingerprint density at radius 3 is 3.00 bits per heavy atom. The molecule has 3 aliphatic rings. The van der Waals surface area contributed by atoms with Crippen molar-refractivity contribution in [3.05, 3.63) is 29.5 Å². The summed E-state index contributed by atoms with van der Waals surface area (Å²) in [7, 11) is 0. The van der Waals surface area contributed by atoms with E-state index < -0.39 is 5.97 Å². The number of carboxylic acid groups (broad SMARTS) is 1. The number of phenols is 1.